The highest BCUT2D eigenvalue weighted by molar-refractivity contribution is 5.19. The maximum Gasteiger partial charge on any atom is 0.176 e. The van der Waals surface area contributed by atoms with Crippen molar-refractivity contribution in [1.29, 1.82) is 0 Å². The van der Waals surface area contributed by atoms with Gasteiger partial charge in [-0.2, -0.15) is 0 Å². The van der Waals surface area contributed by atoms with Crippen LogP contribution in [-0.2, 0) is 0 Å². The lowest BCUT2D eigenvalue weighted by Crippen LogP contribution is -1.97. The second-order valence-corrected chi connectivity index (χ2v) is 13.6. The van der Waals surface area contributed by atoms with Gasteiger partial charge in [-0.1, -0.05) is 162 Å². The molecule has 50 heavy (non-hydrogen) atoms. The molecule has 0 aliphatic carbocycles. The topological polar surface area (TPSA) is 40.5 Å². The summed E-state index contributed by atoms with van der Waals surface area (Å²) in [5, 5.41) is 19.2. The molecule has 2 heteroatoms. The van der Waals surface area contributed by atoms with E-state index < -0.39 is 12.2 Å². The highest BCUT2D eigenvalue weighted by atomic mass is 16.3. The Morgan fingerprint density at radius 1 is 0.400 bits per heavy atom. The summed E-state index contributed by atoms with van der Waals surface area (Å²) in [6, 6.07) is 0. The van der Waals surface area contributed by atoms with Gasteiger partial charge in [-0.25, -0.2) is 0 Å². The van der Waals surface area contributed by atoms with Crippen molar-refractivity contribution in [2.75, 3.05) is 0 Å². The van der Waals surface area contributed by atoms with Gasteiger partial charge in [-0.15, -0.1) is 12.8 Å². The molecular weight excluding hydrogens is 609 g/mol. The van der Waals surface area contributed by atoms with Crippen molar-refractivity contribution in [1.82, 2.24) is 0 Å². The predicted molar refractivity (Wildman–Crippen MR) is 220 cm³/mol. The fourth-order valence-corrected chi connectivity index (χ4v) is 5.75. The molecule has 2 N–H and O–H groups in total. The van der Waals surface area contributed by atoms with Crippen molar-refractivity contribution >= 4 is 0 Å². The zero-order valence-corrected chi connectivity index (χ0v) is 32.0. The van der Waals surface area contributed by atoms with Gasteiger partial charge in [0.15, 0.2) is 6.10 Å². The van der Waals surface area contributed by atoms with Crippen LogP contribution in [0.2, 0.25) is 0 Å². The van der Waals surface area contributed by atoms with Crippen LogP contribution in [0.4, 0.5) is 0 Å². The highest BCUT2D eigenvalue weighted by Crippen LogP contribution is 2.14. The van der Waals surface area contributed by atoms with E-state index in [9.17, 15) is 10.2 Å². The summed E-state index contributed by atoms with van der Waals surface area (Å²) in [6.07, 6.45) is 62.9. The van der Waals surface area contributed by atoms with Crippen LogP contribution in [0.25, 0.3) is 0 Å². The second kappa shape index (κ2) is 42.3. The first kappa shape index (κ1) is 47.1. The van der Waals surface area contributed by atoms with Gasteiger partial charge in [0.25, 0.3) is 0 Å². The van der Waals surface area contributed by atoms with E-state index in [1.807, 2.05) is 12.2 Å². The fourth-order valence-electron chi connectivity index (χ4n) is 5.75. The Morgan fingerprint density at radius 2 is 0.720 bits per heavy atom. The Labute approximate surface area is 311 Å². The number of allylic oxidation sites excluding steroid dienone is 7. The minimum atomic E-state index is -0.831. The van der Waals surface area contributed by atoms with Crippen molar-refractivity contribution in [3.05, 3.63) is 48.6 Å². The van der Waals surface area contributed by atoms with Crippen LogP contribution in [0.15, 0.2) is 48.6 Å². The van der Waals surface area contributed by atoms with E-state index in [0.717, 1.165) is 70.6 Å². The molecule has 0 saturated carbocycles. The van der Waals surface area contributed by atoms with E-state index in [0.29, 0.717) is 0 Å². The molecule has 0 amide bonds. The van der Waals surface area contributed by atoms with E-state index in [2.05, 4.69) is 65.9 Å². The van der Waals surface area contributed by atoms with E-state index in [-0.39, 0.29) is 0 Å². The zero-order chi connectivity index (χ0) is 36.3. The predicted octanol–water partition coefficient (Wildman–Crippen LogP) is 12.9. The Kier molecular flexibility index (Phi) is 39.9. The number of hydrogen-bond donors (Lipinski definition) is 2. The van der Waals surface area contributed by atoms with E-state index in [1.54, 1.807) is 6.08 Å². The molecule has 0 fully saturated rings. The molecule has 2 nitrogen and oxygen atoms in total. The Balaban J connectivity index is 3.39. The summed E-state index contributed by atoms with van der Waals surface area (Å²) >= 11 is 0. The van der Waals surface area contributed by atoms with Gasteiger partial charge < -0.3 is 10.2 Å². The molecule has 0 saturated heterocycles. The molecule has 2 atom stereocenters. The quantitative estimate of drug-likeness (QED) is 0.0411. The number of hydrogen-bond acceptors (Lipinski definition) is 2. The van der Waals surface area contributed by atoms with Gasteiger partial charge in [-0.05, 0) is 102 Å². The van der Waals surface area contributed by atoms with Crippen molar-refractivity contribution in [2.45, 2.75) is 205 Å². The monoisotopic (exact) mass is 683 g/mol. The molecular formula is C48H74O2. The van der Waals surface area contributed by atoms with Gasteiger partial charge in [0.2, 0.25) is 0 Å². The first-order valence-electron chi connectivity index (χ1n) is 20.6. The normalized spacial score (nSPS) is 12.6. The largest absolute Gasteiger partial charge is 0.377 e. The van der Waals surface area contributed by atoms with E-state index in [4.69, 9.17) is 12.8 Å². The average Bonchev–Trinajstić information content (AvgIpc) is 3.12. The van der Waals surface area contributed by atoms with Gasteiger partial charge in [0.05, 0.1) is 0 Å². The highest BCUT2D eigenvalue weighted by Gasteiger charge is 1.95. The molecule has 0 aromatic heterocycles. The molecule has 0 bridgehead atoms. The molecule has 0 aromatic carbocycles. The second-order valence-electron chi connectivity index (χ2n) is 13.6. The molecule has 0 unspecified atom stereocenters. The van der Waals surface area contributed by atoms with Crippen LogP contribution in [-0.4, -0.2) is 22.4 Å². The summed E-state index contributed by atoms with van der Waals surface area (Å²) in [5.74, 6) is 16.6. The summed E-state index contributed by atoms with van der Waals surface area (Å²) in [6.45, 7) is 0. The zero-order valence-electron chi connectivity index (χ0n) is 32.0. The van der Waals surface area contributed by atoms with Gasteiger partial charge in [0, 0.05) is 12.8 Å². The Hall–Kier alpha value is -2.88. The Bertz CT molecular complexity index is 1050. The van der Waals surface area contributed by atoms with Gasteiger partial charge in [0.1, 0.15) is 6.10 Å². The van der Waals surface area contributed by atoms with Gasteiger partial charge >= 0.3 is 0 Å². The first-order valence-corrected chi connectivity index (χ1v) is 20.6. The fraction of sp³-hybridized carbons (Fsp3) is 0.667. The van der Waals surface area contributed by atoms with E-state index in [1.165, 1.54) is 122 Å². The lowest BCUT2D eigenvalue weighted by Gasteiger charge is -2.03. The maximum absolute atomic E-state index is 9.92. The number of terminal acetylenes is 2. The molecule has 278 valence electrons. The number of rotatable bonds is 33. The standard InChI is InChI=1S/C48H74O2/c1-3-5-6-7-8-9-10-11-12-13-14-15-16-17-18-19-20-21-22-23-24-25-26-27-28-29-30-31-32-36-39-42-45-48(50)46-43-40-37-34-33-35-38-41-44-47(49)4-2/h1-2,5-6,23-24,29-30,41,44,47-50H,7-22,25-28,31-40H2/b6-5-,24-23-,30-29-,44-41+/t47-,48-/m1/s1. The summed E-state index contributed by atoms with van der Waals surface area (Å²) in [5.41, 5.74) is 0. The van der Waals surface area contributed by atoms with Crippen molar-refractivity contribution in [2.24, 2.45) is 0 Å². The summed E-state index contributed by atoms with van der Waals surface area (Å²) in [7, 11) is 0. The SMILES string of the molecule is C#C/C=C\CCCCCCCCCCCCCCCC/C=C\CCCC/C=C\CCCCC#C[C@@H](O)C#CCCCCCC/C=C/[C@H](O)C#C. The van der Waals surface area contributed by atoms with Crippen LogP contribution >= 0.6 is 0 Å². The van der Waals surface area contributed by atoms with Crippen molar-refractivity contribution in [3.63, 3.8) is 0 Å². The third-order valence-electron chi connectivity index (χ3n) is 8.84. The number of aliphatic hydroxyl groups is 2. The molecule has 0 aliphatic heterocycles. The third-order valence-corrected chi connectivity index (χ3v) is 8.84. The molecule has 0 aromatic rings. The van der Waals surface area contributed by atoms with Crippen LogP contribution < -0.4 is 0 Å². The van der Waals surface area contributed by atoms with Crippen molar-refractivity contribution in [3.8, 4) is 48.4 Å². The Morgan fingerprint density at radius 3 is 1.14 bits per heavy atom. The van der Waals surface area contributed by atoms with Gasteiger partial charge in [-0.3, -0.25) is 0 Å². The summed E-state index contributed by atoms with van der Waals surface area (Å²) in [4.78, 5) is 0. The van der Waals surface area contributed by atoms with Crippen LogP contribution in [0.3, 0.4) is 0 Å². The maximum atomic E-state index is 9.92. The molecule has 0 rings (SSSR count). The van der Waals surface area contributed by atoms with Crippen LogP contribution in [0, 0.1) is 48.4 Å². The molecule has 0 heterocycles. The minimum absolute atomic E-state index is 0.768. The summed E-state index contributed by atoms with van der Waals surface area (Å²) < 4.78 is 0. The number of unbranched alkanes of at least 4 members (excludes halogenated alkanes) is 26. The molecule has 0 aliphatic rings. The molecule has 0 spiro atoms. The first-order chi connectivity index (χ1) is 24.7. The van der Waals surface area contributed by atoms with E-state index >= 15 is 0 Å². The van der Waals surface area contributed by atoms with Crippen molar-refractivity contribution < 1.29 is 10.2 Å². The minimum Gasteiger partial charge on any atom is -0.377 e. The third kappa shape index (κ3) is 41.3. The smallest absolute Gasteiger partial charge is 0.176 e. The number of aliphatic hydroxyl groups excluding tert-OH is 2. The lowest BCUT2D eigenvalue weighted by atomic mass is 10.0. The van der Waals surface area contributed by atoms with Crippen LogP contribution in [0.5, 0.6) is 0 Å². The average molecular weight is 683 g/mol. The lowest BCUT2D eigenvalue weighted by molar-refractivity contribution is 0.280. The van der Waals surface area contributed by atoms with Crippen LogP contribution in [0.1, 0.15) is 193 Å². The molecule has 0 radical (unpaired) electrons.